The Morgan fingerprint density at radius 1 is 0.938 bits per heavy atom. The third-order valence-electron chi connectivity index (χ3n) is 8.84. The molecule has 0 radical (unpaired) electrons. The number of hydrogen-bond donors (Lipinski definition) is 0. The fourth-order valence-corrected chi connectivity index (χ4v) is 6.30. The van der Waals surface area contributed by atoms with Crippen LogP contribution in [0, 0.1) is 0 Å². The summed E-state index contributed by atoms with van der Waals surface area (Å²) in [7, 11) is -2.03. The molecule has 1 amide bonds. The molecule has 10 nitrogen and oxygen atoms in total. The molecule has 0 bridgehead atoms. The summed E-state index contributed by atoms with van der Waals surface area (Å²) >= 11 is 0. The van der Waals surface area contributed by atoms with Crippen LogP contribution in [-0.2, 0) is 47.7 Å². The van der Waals surface area contributed by atoms with Crippen molar-refractivity contribution in [3.63, 3.8) is 0 Å². The zero-order valence-electron chi connectivity index (χ0n) is 30.5. The normalized spacial score (nSPS) is 19.0. The smallest absolute Gasteiger partial charge is 0.410 e. The topological polar surface area (TPSA) is 102 Å². The highest BCUT2D eigenvalue weighted by Gasteiger charge is 2.45. The SMILES string of the molecule is CC(C)(C)OC(=O)N(CCOCc1ccccc1)Cc1cc2c(cc1CC(=O)C[C@H]1OC(C)(C)O[C@@H]1CO[Si](C)(C)C(C)(C)C)OCO2. The van der Waals surface area contributed by atoms with Gasteiger partial charge in [0.1, 0.15) is 17.5 Å². The quantitative estimate of drug-likeness (QED) is 0.149. The number of carbonyl (C=O) groups excluding carboxylic acids is 2. The van der Waals surface area contributed by atoms with E-state index in [1.165, 1.54) is 0 Å². The molecule has 2 aromatic carbocycles. The molecule has 2 aromatic rings. The van der Waals surface area contributed by atoms with E-state index in [1.54, 1.807) is 4.90 Å². The van der Waals surface area contributed by atoms with Crippen molar-refractivity contribution in [3.05, 3.63) is 59.2 Å². The number of carbonyl (C=O) groups is 2. The molecule has 11 heteroatoms. The summed E-state index contributed by atoms with van der Waals surface area (Å²) < 4.78 is 41.9. The Morgan fingerprint density at radius 2 is 1.56 bits per heavy atom. The van der Waals surface area contributed by atoms with E-state index in [1.807, 2.05) is 77.1 Å². The van der Waals surface area contributed by atoms with Crippen LogP contribution in [0.1, 0.15) is 78.5 Å². The molecule has 2 aliphatic heterocycles. The van der Waals surface area contributed by atoms with Gasteiger partial charge in [-0.2, -0.15) is 0 Å². The zero-order chi connectivity index (χ0) is 35.3. The Hall–Kier alpha value is -2.96. The van der Waals surface area contributed by atoms with Gasteiger partial charge in [-0.3, -0.25) is 4.79 Å². The van der Waals surface area contributed by atoms with Gasteiger partial charge in [-0.15, -0.1) is 0 Å². The van der Waals surface area contributed by atoms with Crippen molar-refractivity contribution in [1.29, 1.82) is 0 Å². The van der Waals surface area contributed by atoms with E-state index >= 15 is 0 Å². The van der Waals surface area contributed by atoms with Crippen molar-refractivity contribution >= 4 is 20.2 Å². The maximum atomic E-state index is 13.7. The lowest BCUT2D eigenvalue weighted by molar-refractivity contribution is -0.150. The van der Waals surface area contributed by atoms with Crippen LogP contribution in [0.5, 0.6) is 11.5 Å². The lowest BCUT2D eigenvalue weighted by Crippen LogP contribution is -2.44. The summed E-state index contributed by atoms with van der Waals surface area (Å²) in [6.07, 6.45) is -1.01. The number of nitrogens with zero attached hydrogens (tertiary/aromatic N) is 1. The molecule has 266 valence electrons. The molecular weight excluding hydrogens is 630 g/mol. The number of ether oxygens (including phenoxy) is 6. The number of ketones is 1. The number of Topliss-reactive ketones (excluding diaryl/α,β-unsaturated/α-hetero) is 1. The summed E-state index contributed by atoms with van der Waals surface area (Å²) in [6, 6.07) is 13.6. The van der Waals surface area contributed by atoms with Crippen LogP contribution in [0.3, 0.4) is 0 Å². The molecule has 0 unspecified atom stereocenters. The van der Waals surface area contributed by atoms with Crippen LogP contribution in [0.4, 0.5) is 4.79 Å². The molecule has 0 spiro atoms. The summed E-state index contributed by atoms with van der Waals surface area (Å²) in [5.41, 5.74) is 1.88. The molecular formula is C37H55NO9Si. The van der Waals surface area contributed by atoms with Crippen LogP contribution in [0.25, 0.3) is 0 Å². The average Bonchev–Trinajstić information content (AvgIpc) is 3.54. The molecule has 1 fully saturated rings. The van der Waals surface area contributed by atoms with E-state index in [0.717, 1.165) is 16.7 Å². The lowest BCUT2D eigenvalue weighted by Gasteiger charge is -2.37. The van der Waals surface area contributed by atoms with Gasteiger partial charge in [0, 0.05) is 25.9 Å². The summed E-state index contributed by atoms with van der Waals surface area (Å²) in [5, 5.41) is 0.0459. The van der Waals surface area contributed by atoms with Gasteiger partial charge in [0.15, 0.2) is 25.6 Å². The van der Waals surface area contributed by atoms with Crippen molar-refractivity contribution in [2.24, 2.45) is 0 Å². The number of amides is 1. The van der Waals surface area contributed by atoms with Gasteiger partial charge in [-0.1, -0.05) is 51.1 Å². The molecule has 2 atom stereocenters. The molecule has 4 rings (SSSR count). The van der Waals surface area contributed by atoms with E-state index in [2.05, 4.69) is 33.9 Å². The van der Waals surface area contributed by atoms with E-state index in [9.17, 15) is 9.59 Å². The minimum Gasteiger partial charge on any atom is -0.454 e. The molecule has 2 aliphatic rings. The molecule has 0 aromatic heterocycles. The van der Waals surface area contributed by atoms with E-state index in [-0.39, 0.29) is 43.1 Å². The van der Waals surface area contributed by atoms with Gasteiger partial charge in [-0.25, -0.2) is 4.79 Å². The molecule has 48 heavy (non-hydrogen) atoms. The minimum absolute atomic E-state index is 0.0197. The minimum atomic E-state index is -2.03. The number of hydrogen-bond acceptors (Lipinski definition) is 9. The van der Waals surface area contributed by atoms with Crippen LogP contribution >= 0.6 is 0 Å². The molecule has 0 saturated carbocycles. The van der Waals surface area contributed by atoms with Crippen molar-refractivity contribution in [1.82, 2.24) is 4.90 Å². The highest BCUT2D eigenvalue weighted by atomic mass is 28.4. The second-order valence-corrected chi connectivity index (χ2v) is 20.4. The fraction of sp³-hybridized carbons (Fsp3) is 0.622. The first-order valence-electron chi connectivity index (χ1n) is 16.8. The summed E-state index contributed by atoms with van der Waals surface area (Å²) in [5.74, 6) is 0.294. The second-order valence-electron chi connectivity index (χ2n) is 15.6. The third kappa shape index (κ3) is 10.8. The first kappa shape index (κ1) is 37.8. The standard InChI is InChI=1S/C37H55NO9Si/c1-35(2,3)47-34(40)38(16-17-41-23-26-14-12-11-13-15-26)22-28-20-31-30(42-25-43-31)19-27(28)18-29(39)21-32-33(46-37(7,8)45-32)24-44-48(9,10)36(4,5)6/h11-15,19-20,32-33H,16-18,21-25H2,1-10H3/t32-,33-/m1/s1. The lowest BCUT2D eigenvalue weighted by atomic mass is 9.97. The first-order chi connectivity index (χ1) is 22.3. The zero-order valence-corrected chi connectivity index (χ0v) is 31.5. The predicted molar refractivity (Wildman–Crippen MR) is 186 cm³/mol. The third-order valence-corrected chi connectivity index (χ3v) is 13.3. The van der Waals surface area contributed by atoms with E-state index < -0.39 is 31.9 Å². The van der Waals surface area contributed by atoms with E-state index in [4.69, 9.17) is 32.8 Å². The Bertz CT molecular complexity index is 1400. The Morgan fingerprint density at radius 3 is 2.19 bits per heavy atom. The summed E-state index contributed by atoms with van der Waals surface area (Å²) in [6.45, 7) is 21.9. The number of benzene rings is 2. The molecule has 0 N–H and O–H groups in total. The fourth-order valence-electron chi connectivity index (χ4n) is 5.28. The maximum absolute atomic E-state index is 13.7. The van der Waals surface area contributed by atoms with E-state index in [0.29, 0.717) is 37.9 Å². The maximum Gasteiger partial charge on any atom is 0.410 e. The van der Waals surface area contributed by atoms with Crippen LogP contribution < -0.4 is 9.47 Å². The monoisotopic (exact) mass is 685 g/mol. The molecule has 0 aliphatic carbocycles. The average molecular weight is 686 g/mol. The van der Waals surface area contributed by atoms with Crippen molar-refractivity contribution in [2.75, 3.05) is 26.6 Å². The van der Waals surface area contributed by atoms with Gasteiger partial charge in [0.05, 0.1) is 25.9 Å². The number of rotatable bonds is 14. The predicted octanol–water partition coefficient (Wildman–Crippen LogP) is 7.41. The van der Waals surface area contributed by atoms with Crippen molar-refractivity contribution in [2.45, 2.75) is 123 Å². The van der Waals surface area contributed by atoms with Crippen molar-refractivity contribution < 1.29 is 42.4 Å². The van der Waals surface area contributed by atoms with Crippen molar-refractivity contribution in [3.8, 4) is 11.5 Å². The van der Waals surface area contributed by atoms with Gasteiger partial charge in [0.2, 0.25) is 6.79 Å². The van der Waals surface area contributed by atoms with Gasteiger partial charge in [0.25, 0.3) is 0 Å². The molecule has 1 saturated heterocycles. The first-order valence-corrected chi connectivity index (χ1v) is 19.7. The van der Waals surface area contributed by atoms with Gasteiger partial charge >= 0.3 is 6.09 Å². The Balaban J connectivity index is 1.48. The van der Waals surface area contributed by atoms with Crippen LogP contribution in [0.2, 0.25) is 18.1 Å². The Labute approximate surface area is 287 Å². The van der Waals surface area contributed by atoms with Crippen LogP contribution in [0.15, 0.2) is 42.5 Å². The number of fused-ring (bicyclic) bond motifs is 1. The Kier molecular flexibility index (Phi) is 12.1. The largest absolute Gasteiger partial charge is 0.454 e. The second kappa shape index (κ2) is 15.3. The highest BCUT2D eigenvalue weighted by molar-refractivity contribution is 6.74. The van der Waals surface area contributed by atoms with Crippen LogP contribution in [-0.4, -0.2) is 75.2 Å². The highest BCUT2D eigenvalue weighted by Crippen LogP contribution is 2.39. The van der Waals surface area contributed by atoms with Gasteiger partial charge < -0.3 is 37.7 Å². The summed E-state index contributed by atoms with van der Waals surface area (Å²) in [4.78, 5) is 28.7. The molecule has 2 heterocycles. The van der Waals surface area contributed by atoms with Gasteiger partial charge in [-0.05, 0) is 81.6 Å².